The van der Waals surface area contributed by atoms with Crippen molar-refractivity contribution < 1.29 is 23.5 Å². The van der Waals surface area contributed by atoms with Crippen molar-refractivity contribution in [2.24, 2.45) is 5.92 Å². The van der Waals surface area contributed by atoms with Gasteiger partial charge in [0.2, 0.25) is 0 Å². The molecule has 7 heteroatoms. The Bertz CT molecular complexity index is 735. The fraction of sp³-hybridized carbons (Fsp3) is 0.444. The second-order valence-electron chi connectivity index (χ2n) is 6.07. The van der Waals surface area contributed by atoms with E-state index in [1.807, 2.05) is 13.8 Å². The van der Waals surface area contributed by atoms with Gasteiger partial charge in [-0.05, 0) is 31.9 Å². The number of rotatable bonds is 7. The van der Waals surface area contributed by atoms with E-state index in [9.17, 15) is 4.79 Å². The van der Waals surface area contributed by atoms with Crippen molar-refractivity contribution >= 4 is 17.6 Å². The van der Waals surface area contributed by atoms with Crippen LogP contribution >= 0.6 is 11.6 Å². The van der Waals surface area contributed by atoms with Crippen molar-refractivity contribution in [3.05, 3.63) is 39.7 Å². The number of methoxy groups -OCH3 is 1. The topological polar surface area (TPSA) is 70.8 Å². The molecule has 0 N–H and O–H groups in total. The molecule has 0 aliphatic carbocycles. The van der Waals surface area contributed by atoms with Gasteiger partial charge < -0.3 is 18.7 Å². The van der Waals surface area contributed by atoms with Crippen LogP contribution in [0.1, 0.15) is 41.2 Å². The first-order valence-corrected chi connectivity index (χ1v) is 8.30. The number of hydrogen-bond acceptors (Lipinski definition) is 6. The van der Waals surface area contributed by atoms with Crippen molar-refractivity contribution in [3.8, 4) is 11.5 Å². The Kier molecular flexibility index (Phi) is 6.31. The van der Waals surface area contributed by atoms with E-state index < -0.39 is 5.97 Å². The average Bonchev–Trinajstić information content (AvgIpc) is 2.88. The molecule has 1 aromatic carbocycles. The van der Waals surface area contributed by atoms with Crippen LogP contribution in [0.3, 0.4) is 0 Å². The van der Waals surface area contributed by atoms with Gasteiger partial charge in [-0.15, -0.1) is 0 Å². The number of hydrogen-bond donors (Lipinski definition) is 0. The normalized spacial score (nSPS) is 10.8. The Hall–Kier alpha value is -2.21. The van der Waals surface area contributed by atoms with Crippen LogP contribution < -0.4 is 9.47 Å². The van der Waals surface area contributed by atoms with Crippen LogP contribution in [0, 0.1) is 19.8 Å². The van der Waals surface area contributed by atoms with E-state index >= 15 is 0 Å². The summed E-state index contributed by atoms with van der Waals surface area (Å²) in [6.45, 7) is 8.18. The van der Waals surface area contributed by atoms with Gasteiger partial charge in [-0.1, -0.05) is 30.6 Å². The van der Waals surface area contributed by atoms with Crippen LogP contribution in [0.25, 0.3) is 0 Å². The molecule has 6 nitrogen and oxygen atoms in total. The van der Waals surface area contributed by atoms with Crippen molar-refractivity contribution in [2.75, 3.05) is 13.7 Å². The van der Waals surface area contributed by atoms with Gasteiger partial charge in [-0.3, -0.25) is 0 Å². The first kappa shape index (κ1) is 19.1. The molecule has 0 saturated heterocycles. The number of carbonyl (C=O) groups excluding carboxylic acids is 1. The maximum atomic E-state index is 12.3. The molecule has 25 heavy (non-hydrogen) atoms. The summed E-state index contributed by atoms with van der Waals surface area (Å²) >= 11 is 6.25. The summed E-state index contributed by atoms with van der Waals surface area (Å²) < 4.78 is 21.4. The number of ether oxygens (including phenoxy) is 3. The second kappa shape index (κ2) is 8.25. The number of nitrogens with zero attached hydrogens (tertiary/aromatic N) is 1. The van der Waals surface area contributed by atoms with Crippen molar-refractivity contribution in [2.45, 2.75) is 34.3 Å². The largest absolute Gasteiger partial charge is 0.493 e. The first-order valence-electron chi connectivity index (χ1n) is 7.92. The predicted octanol–water partition coefficient (Wildman–Crippen LogP) is 4.35. The molecule has 0 amide bonds. The number of carbonyl (C=O) groups is 1. The average molecular weight is 368 g/mol. The van der Waals surface area contributed by atoms with E-state index in [1.54, 1.807) is 19.9 Å². The van der Waals surface area contributed by atoms with Crippen LogP contribution in [-0.4, -0.2) is 24.8 Å². The molecule has 0 aliphatic rings. The fourth-order valence-corrected chi connectivity index (χ4v) is 2.42. The third-order valence-electron chi connectivity index (χ3n) is 3.55. The minimum atomic E-state index is -0.518. The molecule has 0 unspecified atom stereocenters. The Morgan fingerprint density at radius 1 is 1.32 bits per heavy atom. The van der Waals surface area contributed by atoms with E-state index in [0.717, 1.165) is 5.56 Å². The monoisotopic (exact) mass is 367 g/mol. The highest BCUT2D eigenvalue weighted by atomic mass is 35.5. The van der Waals surface area contributed by atoms with Gasteiger partial charge in [0.25, 0.3) is 0 Å². The highest BCUT2D eigenvalue weighted by molar-refractivity contribution is 6.32. The summed E-state index contributed by atoms with van der Waals surface area (Å²) in [6.07, 6.45) is 0. The van der Waals surface area contributed by atoms with Gasteiger partial charge in [-0.25, -0.2) is 4.79 Å². The maximum absolute atomic E-state index is 12.3. The van der Waals surface area contributed by atoms with Crippen LogP contribution in [-0.2, 0) is 11.3 Å². The zero-order chi connectivity index (χ0) is 18.6. The zero-order valence-corrected chi connectivity index (χ0v) is 15.8. The summed E-state index contributed by atoms with van der Waals surface area (Å²) in [5, 5.41) is 4.13. The number of aromatic nitrogens is 1. The molecule has 2 rings (SSSR count). The van der Waals surface area contributed by atoms with Crippen LogP contribution in [0.5, 0.6) is 11.5 Å². The molecule has 0 atom stereocenters. The standard InChI is InChI=1S/C18H22ClNO5/c1-10(2)8-23-17-15(19)6-13(7-16(17)22-5)18(21)24-9-14-11(3)20-25-12(14)4/h6-7,10H,8-9H2,1-5H3. The molecule has 1 aromatic heterocycles. The SMILES string of the molecule is COc1cc(C(=O)OCc2c(C)noc2C)cc(Cl)c1OCC(C)C. The third kappa shape index (κ3) is 4.66. The second-order valence-corrected chi connectivity index (χ2v) is 6.48. The highest BCUT2D eigenvalue weighted by Gasteiger charge is 2.18. The van der Waals surface area contributed by atoms with Gasteiger partial charge in [0.15, 0.2) is 11.5 Å². The molecule has 1 heterocycles. The Labute approximate surface area is 152 Å². The summed E-state index contributed by atoms with van der Waals surface area (Å²) in [6, 6.07) is 3.06. The first-order chi connectivity index (χ1) is 11.8. The van der Waals surface area contributed by atoms with E-state index in [1.165, 1.54) is 13.2 Å². The van der Waals surface area contributed by atoms with Gasteiger partial charge >= 0.3 is 5.97 Å². The number of halogens is 1. The van der Waals surface area contributed by atoms with Gasteiger partial charge in [-0.2, -0.15) is 0 Å². The minimum Gasteiger partial charge on any atom is -0.493 e. The lowest BCUT2D eigenvalue weighted by Gasteiger charge is -2.15. The summed E-state index contributed by atoms with van der Waals surface area (Å²) in [4.78, 5) is 12.3. The molecule has 0 aliphatic heterocycles. The van der Waals surface area contributed by atoms with Crippen LogP contribution in [0.15, 0.2) is 16.7 Å². The van der Waals surface area contributed by atoms with Crippen molar-refractivity contribution in [3.63, 3.8) is 0 Å². The zero-order valence-electron chi connectivity index (χ0n) is 15.0. The van der Waals surface area contributed by atoms with E-state index in [-0.39, 0.29) is 12.2 Å². The third-order valence-corrected chi connectivity index (χ3v) is 3.84. The lowest BCUT2D eigenvalue weighted by Crippen LogP contribution is -2.09. The van der Waals surface area contributed by atoms with E-state index in [0.29, 0.717) is 40.5 Å². The molecule has 0 saturated carbocycles. The Morgan fingerprint density at radius 2 is 2.04 bits per heavy atom. The van der Waals surface area contributed by atoms with Crippen LogP contribution in [0.4, 0.5) is 0 Å². The molecular weight excluding hydrogens is 346 g/mol. The molecule has 0 fully saturated rings. The quantitative estimate of drug-likeness (QED) is 0.678. The predicted molar refractivity (Wildman–Crippen MR) is 93.4 cm³/mol. The van der Waals surface area contributed by atoms with E-state index in [4.69, 9.17) is 30.3 Å². The van der Waals surface area contributed by atoms with E-state index in [2.05, 4.69) is 5.16 Å². The summed E-state index contributed by atoms with van der Waals surface area (Å²) in [5.41, 5.74) is 1.73. The number of aryl methyl sites for hydroxylation is 2. The maximum Gasteiger partial charge on any atom is 0.338 e. The lowest BCUT2D eigenvalue weighted by molar-refractivity contribution is 0.0470. The molecule has 2 aromatic rings. The minimum absolute atomic E-state index is 0.0749. The van der Waals surface area contributed by atoms with Crippen molar-refractivity contribution in [1.29, 1.82) is 0 Å². The smallest absolute Gasteiger partial charge is 0.338 e. The highest BCUT2D eigenvalue weighted by Crippen LogP contribution is 2.37. The van der Waals surface area contributed by atoms with Gasteiger partial charge in [0.05, 0.1) is 35.6 Å². The fourth-order valence-electron chi connectivity index (χ4n) is 2.16. The van der Waals surface area contributed by atoms with Gasteiger partial charge in [0, 0.05) is 0 Å². The Balaban J connectivity index is 2.15. The molecule has 0 bridgehead atoms. The lowest BCUT2D eigenvalue weighted by atomic mass is 10.2. The summed E-state index contributed by atoms with van der Waals surface area (Å²) in [7, 11) is 1.49. The van der Waals surface area contributed by atoms with Crippen LogP contribution in [0.2, 0.25) is 5.02 Å². The molecule has 0 radical (unpaired) electrons. The summed E-state index contributed by atoms with van der Waals surface area (Å²) in [5.74, 6) is 1.24. The Morgan fingerprint density at radius 3 is 2.60 bits per heavy atom. The number of esters is 1. The molecular formula is C18H22ClNO5. The van der Waals surface area contributed by atoms with Gasteiger partial charge in [0.1, 0.15) is 12.4 Å². The molecule has 136 valence electrons. The molecule has 0 spiro atoms. The van der Waals surface area contributed by atoms with Crippen molar-refractivity contribution in [1.82, 2.24) is 5.16 Å². The number of benzene rings is 1.